The first-order valence-corrected chi connectivity index (χ1v) is 9.44. The van der Waals surface area contributed by atoms with Crippen molar-refractivity contribution in [2.45, 2.75) is 32.6 Å². The van der Waals surface area contributed by atoms with Gasteiger partial charge in [0, 0.05) is 35.8 Å². The van der Waals surface area contributed by atoms with Gasteiger partial charge in [-0.2, -0.15) is 0 Å². The van der Waals surface area contributed by atoms with E-state index in [0.717, 1.165) is 37.9 Å². The van der Waals surface area contributed by atoms with Crippen molar-refractivity contribution in [2.75, 3.05) is 23.7 Å². The first-order chi connectivity index (χ1) is 13.1. The fourth-order valence-electron chi connectivity index (χ4n) is 3.26. The van der Waals surface area contributed by atoms with E-state index in [4.69, 9.17) is 0 Å². The Bertz CT molecular complexity index is 786. The van der Waals surface area contributed by atoms with Crippen molar-refractivity contribution in [1.29, 1.82) is 0 Å². The van der Waals surface area contributed by atoms with Gasteiger partial charge in [0.25, 0.3) is 5.91 Å². The minimum absolute atomic E-state index is 0.0174. The molecule has 27 heavy (non-hydrogen) atoms. The second-order valence-corrected chi connectivity index (χ2v) is 7.00. The predicted molar refractivity (Wildman–Crippen MR) is 107 cm³/mol. The van der Waals surface area contributed by atoms with Crippen LogP contribution in [0, 0.1) is 12.8 Å². The van der Waals surface area contributed by atoms with Crippen LogP contribution in [0.25, 0.3) is 0 Å². The van der Waals surface area contributed by atoms with Crippen LogP contribution in [0.1, 0.15) is 41.6 Å². The Morgan fingerprint density at radius 3 is 2.59 bits per heavy atom. The average Bonchev–Trinajstić information content (AvgIpc) is 2.70. The summed E-state index contributed by atoms with van der Waals surface area (Å²) in [4.78, 5) is 28.5. The maximum absolute atomic E-state index is 12.3. The quantitative estimate of drug-likeness (QED) is 0.732. The molecular weight excluding hydrogens is 340 g/mol. The molecule has 0 saturated carbocycles. The average molecular weight is 366 g/mol. The maximum atomic E-state index is 12.3. The smallest absolute Gasteiger partial charge is 0.255 e. The van der Waals surface area contributed by atoms with Crippen molar-refractivity contribution in [3.05, 3.63) is 53.9 Å². The third kappa shape index (κ3) is 5.62. The normalized spacial score (nSPS) is 14.6. The van der Waals surface area contributed by atoms with Crippen LogP contribution in [0.2, 0.25) is 0 Å². The molecule has 0 radical (unpaired) electrons. The lowest BCUT2D eigenvalue weighted by atomic mass is 9.93. The van der Waals surface area contributed by atoms with Crippen molar-refractivity contribution < 1.29 is 9.59 Å². The Hall–Kier alpha value is -2.73. The van der Waals surface area contributed by atoms with Gasteiger partial charge < -0.3 is 16.0 Å². The summed E-state index contributed by atoms with van der Waals surface area (Å²) in [6, 6.07) is 8.88. The van der Waals surface area contributed by atoms with Crippen molar-refractivity contribution in [3.63, 3.8) is 0 Å². The first-order valence-electron chi connectivity index (χ1n) is 9.44. The molecule has 3 rings (SSSR count). The van der Waals surface area contributed by atoms with E-state index in [0.29, 0.717) is 29.3 Å². The highest BCUT2D eigenvalue weighted by Crippen LogP contribution is 2.22. The van der Waals surface area contributed by atoms with Crippen LogP contribution in [0.3, 0.4) is 0 Å². The Kier molecular flexibility index (Phi) is 6.54. The zero-order valence-corrected chi connectivity index (χ0v) is 15.6. The molecule has 2 heterocycles. The summed E-state index contributed by atoms with van der Waals surface area (Å²) >= 11 is 0. The van der Waals surface area contributed by atoms with Crippen molar-refractivity contribution in [3.8, 4) is 0 Å². The molecule has 6 nitrogen and oxygen atoms in total. The summed E-state index contributed by atoms with van der Waals surface area (Å²) in [6.07, 6.45) is 6.90. The number of hydrogen-bond donors (Lipinski definition) is 3. The van der Waals surface area contributed by atoms with Crippen LogP contribution >= 0.6 is 0 Å². The van der Waals surface area contributed by atoms with Gasteiger partial charge in [0.05, 0.1) is 0 Å². The molecule has 0 aliphatic carbocycles. The molecule has 0 unspecified atom stereocenters. The van der Waals surface area contributed by atoms with Gasteiger partial charge in [-0.25, -0.2) is 0 Å². The molecule has 1 aliphatic heterocycles. The van der Waals surface area contributed by atoms with E-state index in [1.165, 1.54) is 0 Å². The molecule has 142 valence electrons. The van der Waals surface area contributed by atoms with Gasteiger partial charge in [-0.05, 0) is 75.0 Å². The van der Waals surface area contributed by atoms with E-state index in [-0.39, 0.29) is 11.8 Å². The summed E-state index contributed by atoms with van der Waals surface area (Å²) in [7, 11) is 0. The Morgan fingerprint density at radius 1 is 1.11 bits per heavy atom. The minimum atomic E-state index is -0.199. The van der Waals surface area contributed by atoms with Gasteiger partial charge in [-0.3, -0.25) is 14.6 Å². The summed E-state index contributed by atoms with van der Waals surface area (Å²) in [5.74, 6) is 0.448. The topological polar surface area (TPSA) is 83.1 Å². The van der Waals surface area contributed by atoms with Crippen LogP contribution in [0.15, 0.2) is 42.7 Å². The number of piperidine rings is 1. The molecule has 2 amide bonds. The number of nitrogens with one attached hydrogen (secondary N) is 3. The molecule has 0 spiro atoms. The zero-order valence-electron chi connectivity index (χ0n) is 15.6. The van der Waals surface area contributed by atoms with Crippen LogP contribution in [-0.2, 0) is 4.79 Å². The second-order valence-electron chi connectivity index (χ2n) is 7.00. The lowest BCUT2D eigenvalue weighted by Crippen LogP contribution is -2.28. The van der Waals surface area contributed by atoms with Crippen LogP contribution in [0.4, 0.5) is 11.4 Å². The Balaban J connectivity index is 1.57. The van der Waals surface area contributed by atoms with Gasteiger partial charge >= 0.3 is 0 Å². The van der Waals surface area contributed by atoms with Gasteiger partial charge in [0.15, 0.2) is 0 Å². The Labute approximate surface area is 159 Å². The number of aryl methyl sites for hydroxylation is 1. The number of carbonyl (C=O) groups excluding carboxylic acids is 2. The third-order valence-electron chi connectivity index (χ3n) is 4.95. The number of benzene rings is 1. The third-order valence-corrected chi connectivity index (χ3v) is 4.95. The SMILES string of the molecule is Cc1ccc(NC(=O)CCC2CCNCC2)cc1NC(=O)c1ccncc1. The monoisotopic (exact) mass is 366 g/mol. The predicted octanol–water partition coefficient (Wildman–Crippen LogP) is 3.36. The molecule has 1 aromatic carbocycles. The molecule has 1 aliphatic rings. The van der Waals surface area contributed by atoms with Crippen molar-refractivity contribution in [1.82, 2.24) is 10.3 Å². The lowest BCUT2D eigenvalue weighted by Gasteiger charge is -2.22. The van der Waals surface area contributed by atoms with Gasteiger partial charge in [0.2, 0.25) is 5.91 Å². The highest BCUT2D eigenvalue weighted by Gasteiger charge is 2.15. The minimum Gasteiger partial charge on any atom is -0.326 e. The maximum Gasteiger partial charge on any atom is 0.255 e. The number of anilines is 2. The summed E-state index contributed by atoms with van der Waals surface area (Å²) in [5.41, 5.74) is 2.86. The van der Waals surface area contributed by atoms with E-state index < -0.39 is 0 Å². The molecule has 1 aromatic heterocycles. The van der Waals surface area contributed by atoms with Crippen LogP contribution in [0.5, 0.6) is 0 Å². The molecular formula is C21H26N4O2. The van der Waals surface area contributed by atoms with Gasteiger partial charge in [0.1, 0.15) is 0 Å². The van der Waals surface area contributed by atoms with Crippen LogP contribution in [-0.4, -0.2) is 29.9 Å². The van der Waals surface area contributed by atoms with Crippen molar-refractivity contribution >= 4 is 23.2 Å². The first kappa shape index (κ1) is 19.0. The van der Waals surface area contributed by atoms with E-state index in [2.05, 4.69) is 20.9 Å². The van der Waals surface area contributed by atoms with Crippen molar-refractivity contribution in [2.24, 2.45) is 5.92 Å². The molecule has 0 bridgehead atoms. The number of rotatable bonds is 6. The summed E-state index contributed by atoms with van der Waals surface area (Å²) < 4.78 is 0. The molecule has 0 atom stereocenters. The highest BCUT2D eigenvalue weighted by molar-refractivity contribution is 6.05. The fraction of sp³-hybridized carbons (Fsp3) is 0.381. The summed E-state index contributed by atoms with van der Waals surface area (Å²) in [6.45, 7) is 4.01. The molecule has 6 heteroatoms. The number of pyridine rings is 1. The number of hydrogen-bond acceptors (Lipinski definition) is 4. The largest absolute Gasteiger partial charge is 0.326 e. The van der Waals surface area contributed by atoms with E-state index in [1.807, 2.05) is 19.1 Å². The molecule has 1 fully saturated rings. The molecule has 2 aromatic rings. The fourth-order valence-corrected chi connectivity index (χ4v) is 3.26. The molecule has 1 saturated heterocycles. The summed E-state index contributed by atoms with van der Waals surface area (Å²) in [5, 5.41) is 9.19. The number of amides is 2. The number of carbonyl (C=O) groups is 2. The van der Waals surface area contributed by atoms with Gasteiger partial charge in [-0.1, -0.05) is 6.07 Å². The number of aromatic nitrogens is 1. The number of nitrogens with zero attached hydrogens (tertiary/aromatic N) is 1. The van der Waals surface area contributed by atoms with E-state index in [1.54, 1.807) is 30.6 Å². The molecule has 3 N–H and O–H groups in total. The zero-order chi connectivity index (χ0) is 19.1. The van der Waals surface area contributed by atoms with Gasteiger partial charge in [-0.15, -0.1) is 0 Å². The van der Waals surface area contributed by atoms with Crippen LogP contribution < -0.4 is 16.0 Å². The Morgan fingerprint density at radius 2 is 1.85 bits per heavy atom. The highest BCUT2D eigenvalue weighted by atomic mass is 16.2. The standard InChI is InChI=1S/C21H26N4O2/c1-15-2-4-18(24-20(26)5-3-16-6-10-22-11-7-16)14-19(15)25-21(27)17-8-12-23-13-9-17/h2,4,8-9,12-14,16,22H,3,5-7,10-11H2,1H3,(H,24,26)(H,25,27). The van der Waals surface area contributed by atoms with E-state index in [9.17, 15) is 9.59 Å². The second kappa shape index (κ2) is 9.28. The lowest BCUT2D eigenvalue weighted by molar-refractivity contribution is -0.116. The van der Waals surface area contributed by atoms with E-state index >= 15 is 0 Å².